The molecule has 0 aromatic heterocycles. The maximum atomic E-state index is 3.11. The molecular formula is C4H11BF3N. The zero-order chi connectivity index (χ0) is 4.12. The third-order valence-electron chi connectivity index (χ3n) is 0.500. The molecule has 0 spiro atoms. The zero-order valence-electron chi connectivity index (χ0n) is 5.63. The van der Waals surface area contributed by atoms with E-state index in [0.29, 0.717) is 0 Å². The van der Waals surface area contributed by atoms with Gasteiger partial charge in [0.1, 0.15) is 0 Å². The second-order valence-corrected chi connectivity index (χ2v) is 0.957. The second kappa shape index (κ2) is 45.8. The average molecular weight is 141 g/mol. The van der Waals surface area contributed by atoms with Crippen molar-refractivity contribution in [1.82, 2.24) is 5.32 Å². The van der Waals surface area contributed by atoms with E-state index in [2.05, 4.69) is 19.2 Å². The van der Waals surface area contributed by atoms with Gasteiger partial charge in [-0.1, -0.05) is 13.8 Å². The molecule has 5 heteroatoms. The van der Waals surface area contributed by atoms with Gasteiger partial charge in [0.2, 0.25) is 0 Å². The summed E-state index contributed by atoms with van der Waals surface area (Å²) in [4.78, 5) is 0. The van der Waals surface area contributed by atoms with Gasteiger partial charge in [-0.05, 0) is 13.1 Å². The first kappa shape index (κ1) is 37.0. The van der Waals surface area contributed by atoms with Gasteiger partial charge in [-0.2, -0.15) is 0 Å². The minimum absolute atomic E-state index is 0. The quantitative estimate of drug-likeness (QED) is 0.376. The smallest absolute Gasteiger partial charge is 1.00 e. The van der Waals surface area contributed by atoms with Crippen LogP contribution in [0.5, 0.6) is 0 Å². The van der Waals surface area contributed by atoms with E-state index < -0.39 is 0 Å². The molecule has 1 nitrogen and oxygen atoms in total. The van der Waals surface area contributed by atoms with Gasteiger partial charge in [-0.3, -0.25) is 0 Å². The normalized spacial score (nSPS) is 4.67. The molecule has 0 aromatic carbocycles. The van der Waals surface area contributed by atoms with Gasteiger partial charge in [0.15, 0.2) is 0 Å². The van der Waals surface area contributed by atoms with Gasteiger partial charge in [0, 0.05) is 0 Å². The van der Waals surface area contributed by atoms with Gasteiger partial charge < -0.3 is 19.4 Å². The van der Waals surface area contributed by atoms with Crippen molar-refractivity contribution in [3.05, 3.63) is 0 Å². The average Bonchev–Trinajstić information content (AvgIpc) is 1.41. The molecule has 0 aliphatic carbocycles. The van der Waals surface area contributed by atoms with Crippen LogP contribution < -0.4 is 19.4 Å². The predicted octanol–water partition coefficient (Wildman–Crippen LogP) is -8.75. The standard InChI is InChI=1S/C4H11N.B.3FH/c1-3-5-4-2;;;;/h5H,3-4H2,1-2H3;;3*1H/q;+3;;;/p-3. The van der Waals surface area contributed by atoms with Crippen LogP contribution in [0.3, 0.4) is 0 Å². The molecule has 1 N–H and O–H groups in total. The van der Waals surface area contributed by atoms with Crippen molar-refractivity contribution in [2.75, 3.05) is 13.1 Å². The topological polar surface area (TPSA) is 12.0 Å². The van der Waals surface area contributed by atoms with E-state index in [0.717, 1.165) is 13.1 Å². The molecule has 0 aromatic rings. The van der Waals surface area contributed by atoms with E-state index in [1.807, 2.05) is 0 Å². The summed E-state index contributed by atoms with van der Waals surface area (Å²) in [6, 6.07) is 0. The minimum Gasteiger partial charge on any atom is -1.00 e. The molecule has 0 radical (unpaired) electrons. The van der Waals surface area contributed by atoms with Crippen LogP contribution in [-0.4, -0.2) is 21.5 Å². The predicted molar refractivity (Wildman–Crippen MR) is 30.0 cm³/mol. The van der Waals surface area contributed by atoms with Gasteiger partial charge in [0.25, 0.3) is 0 Å². The van der Waals surface area contributed by atoms with Crippen molar-refractivity contribution < 1.29 is 14.1 Å². The van der Waals surface area contributed by atoms with Gasteiger partial charge in [-0.15, -0.1) is 0 Å². The summed E-state index contributed by atoms with van der Waals surface area (Å²) >= 11 is 0. The van der Waals surface area contributed by atoms with E-state index >= 15 is 0 Å². The van der Waals surface area contributed by atoms with E-state index in [1.165, 1.54) is 0 Å². The Morgan fingerprint density at radius 1 is 0.889 bits per heavy atom. The molecule has 56 valence electrons. The summed E-state index contributed by atoms with van der Waals surface area (Å²) in [6.45, 7) is 6.39. The summed E-state index contributed by atoms with van der Waals surface area (Å²) in [5.41, 5.74) is 0. The molecule has 0 aliphatic heterocycles. The van der Waals surface area contributed by atoms with E-state index in [-0.39, 0.29) is 22.5 Å². The molecule has 0 bridgehead atoms. The van der Waals surface area contributed by atoms with Crippen molar-refractivity contribution >= 4 is 8.41 Å². The second-order valence-electron chi connectivity index (χ2n) is 0.957. The molecule has 0 heterocycles. The number of hydrogen-bond donors (Lipinski definition) is 1. The Kier molecular flexibility index (Phi) is 188. The first-order valence-corrected chi connectivity index (χ1v) is 2.12. The Morgan fingerprint density at radius 2 is 1.11 bits per heavy atom. The Hall–Kier alpha value is -0.185. The van der Waals surface area contributed by atoms with Crippen LogP contribution in [0.4, 0.5) is 0 Å². The van der Waals surface area contributed by atoms with E-state index in [1.54, 1.807) is 0 Å². The van der Waals surface area contributed by atoms with E-state index in [9.17, 15) is 0 Å². The van der Waals surface area contributed by atoms with Crippen LogP contribution >= 0.6 is 0 Å². The third-order valence-corrected chi connectivity index (χ3v) is 0.500. The molecule has 0 unspecified atom stereocenters. The number of halogens is 3. The van der Waals surface area contributed by atoms with Crippen LogP contribution in [-0.2, 0) is 0 Å². The van der Waals surface area contributed by atoms with E-state index in [4.69, 9.17) is 0 Å². The molecule has 0 atom stereocenters. The SMILES string of the molecule is CCNCC.[B+3].[F-].[F-].[F-]. The molecule has 0 amide bonds. The number of hydrogen-bond acceptors (Lipinski definition) is 1. The summed E-state index contributed by atoms with van der Waals surface area (Å²) in [5.74, 6) is 0. The minimum atomic E-state index is 0. The molecular weight excluding hydrogens is 130 g/mol. The van der Waals surface area contributed by atoms with Crippen molar-refractivity contribution in [1.29, 1.82) is 0 Å². The van der Waals surface area contributed by atoms with Crippen molar-refractivity contribution in [3.63, 3.8) is 0 Å². The van der Waals surface area contributed by atoms with Gasteiger partial charge in [0.05, 0.1) is 0 Å². The van der Waals surface area contributed by atoms with Crippen LogP contribution in [0.1, 0.15) is 13.8 Å². The Labute approximate surface area is 55.9 Å². The molecule has 9 heavy (non-hydrogen) atoms. The first-order chi connectivity index (χ1) is 2.41. The molecule has 0 fully saturated rings. The summed E-state index contributed by atoms with van der Waals surface area (Å²) in [7, 11) is 0. The Balaban J connectivity index is -0.0000000133. The number of rotatable bonds is 2. The van der Waals surface area contributed by atoms with Gasteiger partial charge in [-0.25, -0.2) is 0 Å². The maximum Gasteiger partial charge on any atom is 3.00 e. The fourth-order valence-electron chi connectivity index (χ4n) is 0.250. The fraction of sp³-hybridized carbons (Fsp3) is 1.00. The molecule has 0 saturated heterocycles. The third kappa shape index (κ3) is 80.2. The summed E-state index contributed by atoms with van der Waals surface area (Å²) in [5, 5.41) is 3.11. The largest absolute Gasteiger partial charge is 3.00 e. The molecule has 0 aliphatic rings. The first-order valence-electron chi connectivity index (χ1n) is 2.12. The molecule has 0 saturated carbocycles. The fourth-order valence-corrected chi connectivity index (χ4v) is 0.250. The van der Waals surface area contributed by atoms with Crippen LogP contribution in [0, 0.1) is 0 Å². The van der Waals surface area contributed by atoms with Crippen molar-refractivity contribution in [2.24, 2.45) is 0 Å². The Bertz CT molecular complexity index is 23.3. The van der Waals surface area contributed by atoms with Gasteiger partial charge >= 0.3 is 8.41 Å². The zero-order valence-corrected chi connectivity index (χ0v) is 5.63. The van der Waals surface area contributed by atoms with Crippen molar-refractivity contribution in [3.8, 4) is 0 Å². The Morgan fingerprint density at radius 3 is 1.11 bits per heavy atom. The van der Waals surface area contributed by atoms with Crippen LogP contribution in [0.15, 0.2) is 0 Å². The molecule has 0 rings (SSSR count). The van der Waals surface area contributed by atoms with Crippen LogP contribution in [0.2, 0.25) is 0 Å². The van der Waals surface area contributed by atoms with Crippen molar-refractivity contribution in [2.45, 2.75) is 13.8 Å². The number of nitrogens with one attached hydrogen (secondary N) is 1. The van der Waals surface area contributed by atoms with Crippen LogP contribution in [0.25, 0.3) is 0 Å². The summed E-state index contributed by atoms with van der Waals surface area (Å²) in [6.07, 6.45) is 0. The summed E-state index contributed by atoms with van der Waals surface area (Å²) < 4.78 is 0. The monoisotopic (exact) mass is 141 g/mol. The maximum absolute atomic E-state index is 3.11.